The molecule has 0 saturated heterocycles. The topological polar surface area (TPSA) is 29.1 Å². The Kier molecular flexibility index (Phi) is 3.62. The lowest BCUT2D eigenvalue weighted by molar-refractivity contribution is 0.103. The molecule has 1 aromatic carbocycles. The first-order valence-electron chi connectivity index (χ1n) is 6.32. The summed E-state index contributed by atoms with van der Waals surface area (Å²) in [5.41, 5.74) is 3.37. The van der Waals surface area contributed by atoms with Crippen LogP contribution in [0.1, 0.15) is 32.1 Å². The highest BCUT2D eigenvalue weighted by Gasteiger charge is 2.18. The first-order valence-corrected chi connectivity index (χ1v) is 8.22. The summed E-state index contributed by atoms with van der Waals surface area (Å²) >= 11 is 3.90. The number of thiophene rings is 1. The van der Waals surface area contributed by atoms with Gasteiger partial charge in [-0.3, -0.25) is 4.79 Å². The van der Waals surface area contributed by atoms with Gasteiger partial charge in [-0.05, 0) is 78.1 Å². The molecule has 3 rings (SSSR count). The van der Waals surface area contributed by atoms with Crippen LogP contribution in [0.3, 0.4) is 0 Å². The van der Waals surface area contributed by atoms with E-state index in [9.17, 15) is 4.79 Å². The number of carbonyl (C=O) groups is 1. The maximum absolute atomic E-state index is 12.3. The minimum absolute atomic E-state index is 0.0181. The predicted octanol–water partition coefficient (Wildman–Crippen LogP) is 4.40. The van der Waals surface area contributed by atoms with Crippen molar-refractivity contribution in [1.82, 2.24) is 0 Å². The molecule has 0 saturated carbocycles. The quantitative estimate of drug-likeness (QED) is 0.766. The van der Waals surface area contributed by atoms with Crippen LogP contribution in [-0.4, -0.2) is 5.91 Å². The second-order valence-corrected chi connectivity index (χ2v) is 7.21. The third kappa shape index (κ3) is 2.69. The molecule has 0 bridgehead atoms. The normalized spacial score (nSPS) is 13.4. The Balaban J connectivity index is 1.82. The van der Waals surface area contributed by atoms with Crippen molar-refractivity contribution in [2.75, 3.05) is 5.32 Å². The predicted molar refractivity (Wildman–Crippen MR) is 88.2 cm³/mol. The summed E-state index contributed by atoms with van der Waals surface area (Å²) in [4.78, 5) is 14.5. The van der Waals surface area contributed by atoms with Crippen LogP contribution in [0.5, 0.6) is 0 Å². The number of nitrogens with one attached hydrogen (secondary N) is 1. The lowest BCUT2D eigenvalue weighted by Gasteiger charge is -2.07. The molecule has 0 radical (unpaired) electrons. The first-order chi connectivity index (χ1) is 9.13. The van der Waals surface area contributed by atoms with Gasteiger partial charge in [-0.2, -0.15) is 0 Å². The lowest BCUT2D eigenvalue weighted by Crippen LogP contribution is -2.11. The number of hydrogen-bond acceptors (Lipinski definition) is 2. The minimum atomic E-state index is 0.0181. The molecule has 0 spiro atoms. The smallest absolute Gasteiger partial charge is 0.265 e. The Hall–Kier alpha value is -0.880. The number of amides is 1. The highest BCUT2D eigenvalue weighted by molar-refractivity contribution is 14.1. The number of anilines is 1. The van der Waals surface area contributed by atoms with Gasteiger partial charge in [0, 0.05) is 14.1 Å². The first kappa shape index (κ1) is 13.1. The second-order valence-electron chi connectivity index (χ2n) is 4.83. The third-order valence-corrected chi connectivity index (χ3v) is 5.33. The molecule has 4 heteroatoms. The Labute approximate surface area is 130 Å². The van der Waals surface area contributed by atoms with Crippen molar-refractivity contribution in [3.8, 4) is 0 Å². The van der Waals surface area contributed by atoms with Gasteiger partial charge in [0.2, 0.25) is 0 Å². The summed E-state index contributed by atoms with van der Waals surface area (Å²) < 4.78 is 1.13. The summed E-state index contributed by atoms with van der Waals surface area (Å²) in [5.74, 6) is 0.0181. The molecule has 98 valence electrons. The lowest BCUT2D eigenvalue weighted by atomic mass is 10.2. The van der Waals surface area contributed by atoms with Crippen LogP contribution in [0.25, 0.3) is 0 Å². The van der Waals surface area contributed by atoms with Crippen molar-refractivity contribution >= 4 is 45.5 Å². The number of benzene rings is 1. The monoisotopic (exact) mass is 383 g/mol. The molecule has 19 heavy (non-hydrogen) atoms. The molecule has 0 fully saturated rings. The fourth-order valence-electron chi connectivity index (χ4n) is 2.35. The van der Waals surface area contributed by atoms with E-state index in [1.165, 1.54) is 16.9 Å². The largest absolute Gasteiger partial charge is 0.321 e. The van der Waals surface area contributed by atoms with Gasteiger partial charge >= 0.3 is 0 Å². The van der Waals surface area contributed by atoms with Gasteiger partial charge in [0.15, 0.2) is 0 Å². The van der Waals surface area contributed by atoms with Crippen molar-refractivity contribution in [1.29, 1.82) is 0 Å². The Morgan fingerprint density at radius 2 is 2.16 bits per heavy atom. The average molecular weight is 383 g/mol. The van der Waals surface area contributed by atoms with Gasteiger partial charge < -0.3 is 5.32 Å². The fraction of sp³-hybridized carbons (Fsp3) is 0.267. The van der Waals surface area contributed by atoms with Crippen molar-refractivity contribution in [3.63, 3.8) is 0 Å². The highest BCUT2D eigenvalue weighted by Crippen LogP contribution is 2.31. The van der Waals surface area contributed by atoms with Gasteiger partial charge in [0.1, 0.15) is 0 Å². The summed E-state index contributed by atoms with van der Waals surface area (Å²) in [6.07, 6.45) is 3.50. The summed E-state index contributed by atoms with van der Waals surface area (Å²) in [5, 5.41) is 3.02. The molecule has 1 aliphatic rings. The molecule has 1 aromatic heterocycles. The van der Waals surface area contributed by atoms with Crippen LogP contribution in [0.15, 0.2) is 24.3 Å². The Morgan fingerprint density at radius 1 is 1.32 bits per heavy atom. The molecule has 0 unspecified atom stereocenters. The number of rotatable bonds is 2. The van der Waals surface area contributed by atoms with Crippen molar-refractivity contribution < 1.29 is 4.79 Å². The Morgan fingerprint density at radius 3 is 2.95 bits per heavy atom. The minimum Gasteiger partial charge on any atom is -0.321 e. The van der Waals surface area contributed by atoms with Crippen LogP contribution >= 0.6 is 33.9 Å². The maximum Gasteiger partial charge on any atom is 0.265 e. The van der Waals surface area contributed by atoms with Gasteiger partial charge in [-0.1, -0.05) is 6.07 Å². The third-order valence-electron chi connectivity index (χ3n) is 3.42. The number of halogens is 1. The highest BCUT2D eigenvalue weighted by atomic mass is 127. The molecule has 2 nitrogen and oxygen atoms in total. The zero-order valence-corrected chi connectivity index (χ0v) is 13.6. The van der Waals surface area contributed by atoms with E-state index in [2.05, 4.69) is 34.0 Å². The molecule has 2 aromatic rings. The molecule has 1 amide bonds. The number of aryl methyl sites for hydroxylation is 3. The van der Waals surface area contributed by atoms with Gasteiger partial charge in [0.05, 0.1) is 4.88 Å². The van der Waals surface area contributed by atoms with Crippen LogP contribution in [-0.2, 0) is 12.8 Å². The van der Waals surface area contributed by atoms with Crippen LogP contribution in [0.4, 0.5) is 5.69 Å². The summed E-state index contributed by atoms with van der Waals surface area (Å²) in [6, 6.07) is 8.15. The van der Waals surface area contributed by atoms with E-state index in [1.54, 1.807) is 11.3 Å². The standard InChI is InChI=1S/C15H14INOS/c1-9-5-6-11(16)8-12(9)17-15(18)14-7-10-3-2-4-13(10)19-14/h5-8H,2-4H2,1H3,(H,17,18). The van der Waals surface area contributed by atoms with Crippen molar-refractivity contribution in [3.05, 3.63) is 48.7 Å². The van der Waals surface area contributed by atoms with E-state index in [1.807, 2.05) is 25.1 Å². The number of carbonyl (C=O) groups excluding carboxylic acids is 1. The Bertz CT molecular complexity index is 626. The molecule has 0 atom stereocenters. The van der Waals surface area contributed by atoms with Crippen LogP contribution in [0.2, 0.25) is 0 Å². The van der Waals surface area contributed by atoms with Gasteiger partial charge in [-0.15, -0.1) is 11.3 Å². The maximum atomic E-state index is 12.3. The fourth-order valence-corrected chi connectivity index (χ4v) is 3.99. The number of fused-ring (bicyclic) bond motifs is 1. The molecule has 1 heterocycles. The van der Waals surface area contributed by atoms with E-state index in [0.717, 1.165) is 32.5 Å². The molecule has 0 aliphatic heterocycles. The summed E-state index contributed by atoms with van der Waals surface area (Å²) in [6.45, 7) is 2.01. The molecule has 1 aliphatic carbocycles. The zero-order chi connectivity index (χ0) is 13.4. The van der Waals surface area contributed by atoms with Gasteiger partial charge in [-0.25, -0.2) is 0 Å². The van der Waals surface area contributed by atoms with Crippen molar-refractivity contribution in [2.24, 2.45) is 0 Å². The van der Waals surface area contributed by atoms with Crippen LogP contribution in [0, 0.1) is 10.5 Å². The molecular formula is C15H14INOS. The summed E-state index contributed by atoms with van der Waals surface area (Å²) in [7, 11) is 0. The van der Waals surface area contributed by atoms with E-state index >= 15 is 0 Å². The zero-order valence-electron chi connectivity index (χ0n) is 10.6. The van der Waals surface area contributed by atoms with Crippen molar-refractivity contribution in [2.45, 2.75) is 26.2 Å². The van der Waals surface area contributed by atoms with E-state index in [0.29, 0.717) is 0 Å². The molecule has 1 N–H and O–H groups in total. The van der Waals surface area contributed by atoms with E-state index < -0.39 is 0 Å². The van der Waals surface area contributed by atoms with E-state index in [4.69, 9.17) is 0 Å². The van der Waals surface area contributed by atoms with E-state index in [-0.39, 0.29) is 5.91 Å². The SMILES string of the molecule is Cc1ccc(I)cc1NC(=O)c1cc2c(s1)CCC2. The van der Waals surface area contributed by atoms with Gasteiger partial charge in [0.25, 0.3) is 5.91 Å². The number of hydrogen-bond donors (Lipinski definition) is 1. The second kappa shape index (κ2) is 5.25. The average Bonchev–Trinajstić information content (AvgIpc) is 2.94. The molecular weight excluding hydrogens is 369 g/mol. The van der Waals surface area contributed by atoms with Crippen LogP contribution < -0.4 is 5.32 Å².